The van der Waals surface area contributed by atoms with E-state index in [-0.39, 0.29) is 31.1 Å². The quantitative estimate of drug-likeness (QED) is 0.442. The number of cyclic esters (lactones) is 1. The van der Waals surface area contributed by atoms with Gasteiger partial charge < -0.3 is 21.5 Å². The van der Waals surface area contributed by atoms with Gasteiger partial charge in [0.2, 0.25) is 0 Å². The number of nitrogens with zero attached hydrogens (tertiary/aromatic N) is 7. The van der Waals surface area contributed by atoms with E-state index in [1.165, 1.54) is 15.8 Å². The van der Waals surface area contributed by atoms with Crippen LogP contribution in [-0.2, 0) is 24.9 Å². The molecule has 10 nitrogen and oxygen atoms in total. The van der Waals surface area contributed by atoms with Gasteiger partial charge in [-0.1, -0.05) is 5.10 Å². The topological polar surface area (TPSA) is 105 Å². The summed E-state index contributed by atoms with van der Waals surface area (Å²) >= 11 is 0. The van der Waals surface area contributed by atoms with Crippen molar-refractivity contribution in [2.75, 3.05) is 16.3 Å². The van der Waals surface area contributed by atoms with E-state index in [0.717, 1.165) is 11.4 Å². The molecule has 4 heterocycles. The summed E-state index contributed by atoms with van der Waals surface area (Å²) in [4.78, 5) is 24.2. The summed E-state index contributed by atoms with van der Waals surface area (Å²) in [6, 6.07) is 4.57. The Morgan fingerprint density at radius 1 is 1.34 bits per heavy atom. The monoisotopic (exact) mass is 621 g/mol. The predicted molar refractivity (Wildman–Crippen MR) is 95.6 cm³/mol. The first-order valence-corrected chi connectivity index (χ1v) is 8.66. The first kappa shape index (κ1) is 19.9. The maximum atomic E-state index is 14.7. The van der Waals surface area contributed by atoms with Crippen molar-refractivity contribution in [3.63, 3.8) is 0 Å². The van der Waals surface area contributed by atoms with Gasteiger partial charge in [-0.25, -0.2) is 14.2 Å². The molecule has 148 valence electrons. The Hall–Kier alpha value is -2.45. The normalized spacial score (nSPS) is 18.0. The number of nitrogens with one attached hydrogen (secondary N) is 1. The second-order valence-corrected chi connectivity index (χ2v) is 6.73. The molecule has 0 saturated carbocycles. The molecule has 2 aliphatic rings. The third-order valence-corrected chi connectivity index (χ3v) is 4.73. The second-order valence-electron chi connectivity index (χ2n) is 6.73. The number of hydrogen-bond acceptors (Lipinski definition) is 7. The summed E-state index contributed by atoms with van der Waals surface area (Å²) < 4.78 is 19.7. The average Bonchev–Trinajstić information content (AvgIpc) is 3.38. The second kappa shape index (κ2) is 7.42. The molecule has 12 heteroatoms. The molecule has 3 aromatic rings. The van der Waals surface area contributed by atoms with Gasteiger partial charge in [-0.3, -0.25) is 4.90 Å². The number of benzene rings is 1. The Bertz CT molecular complexity index is 1060. The SMILES string of the molecule is [CH2-]C1CN(c2ccc(-c3nc4c([nH]3)CN(c3nnn(C)n3)C4)c(F)c2)C(=O)O1.[U]. The van der Waals surface area contributed by atoms with Crippen LogP contribution < -0.4 is 9.80 Å². The van der Waals surface area contributed by atoms with Gasteiger partial charge in [-0.2, -0.15) is 4.80 Å². The fourth-order valence-corrected chi connectivity index (χ4v) is 3.40. The van der Waals surface area contributed by atoms with Gasteiger partial charge in [0.1, 0.15) is 11.6 Å². The molecule has 29 heavy (non-hydrogen) atoms. The molecule has 1 amide bonds. The van der Waals surface area contributed by atoms with Crippen LogP contribution in [0.25, 0.3) is 11.4 Å². The van der Waals surface area contributed by atoms with Gasteiger partial charge in [-0.05, 0) is 29.5 Å². The fourth-order valence-electron chi connectivity index (χ4n) is 3.40. The van der Waals surface area contributed by atoms with Gasteiger partial charge in [0.05, 0.1) is 42.8 Å². The molecule has 2 aromatic heterocycles. The van der Waals surface area contributed by atoms with Crippen LogP contribution in [0.3, 0.4) is 0 Å². The minimum absolute atomic E-state index is 0. The van der Waals surface area contributed by atoms with Crippen molar-refractivity contribution in [1.29, 1.82) is 0 Å². The van der Waals surface area contributed by atoms with E-state index in [1.807, 2.05) is 4.90 Å². The zero-order valence-corrected chi connectivity index (χ0v) is 19.6. The Morgan fingerprint density at radius 2 is 2.17 bits per heavy atom. The summed E-state index contributed by atoms with van der Waals surface area (Å²) in [5, 5.41) is 12.0. The molecule has 0 radical (unpaired) electrons. The summed E-state index contributed by atoms with van der Waals surface area (Å²) in [6.45, 7) is 5.04. The van der Waals surface area contributed by atoms with Crippen LogP contribution >= 0.6 is 0 Å². The first-order chi connectivity index (χ1) is 13.5. The molecule has 2 aliphatic heterocycles. The van der Waals surface area contributed by atoms with Crippen LogP contribution in [0.4, 0.5) is 20.8 Å². The minimum Gasteiger partial charge on any atom is -0.477 e. The summed E-state index contributed by atoms with van der Waals surface area (Å²) in [5.41, 5.74) is 2.46. The van der Waals surface area contributed by atoms with E-state index < -0.39 is 18.0 Å². The zero-order chi connectivity index (χ0) is 19.4. The Labute approximate surface area is 188 Å². The molecule has 1 N–H and O–H groups in total. The Balaban J connectivity index is 0.00000205. The molecule has 1 unspecified atom stereocenters. The van der Waals surface area contributed by atoms with E-state index in [0.29, 0.717) is 42.7 Å². The van der Waals surface area contributed by atoms with E-state index in [2.05, 4.69) is 32.3 Å². The number of tetrazole rings is 1. The molecule has 0 bridgehead atoms. The smallest absolute Gasteiger partial charge is 0.411 e. The fraction of sp³-hybridized carbons (Fsp3) is 0.294. The van der Waals surface area contributed by atoms with Gasteiger partial charge in [0.25, 0.3) is 5.95 Å². The van der Waals surface area contributed by atoms with Crippen LogP contribution in [-0.4, -0.2) is 48.9 Å². The number of aryl methyl sites for hydroxylation is 1. The number of H-pyrrole nitrogens is 1. The van der Waals surface area contributed by atoms with Crippen molar-refractivity contribution in [3.05, 3.63) is 42.3 Å². The van der Waals surface area contributed by atoms with Crippen molar-refractivity contribution >= 4 is 17.7 Å². The van der Waals surface area contributed by atoms with Gasteiger partial charge in [-0.15, -0.1) is 5.10 Å². The predicted octanol–water partition coefficient (Wildman–Crippen LogP) is 1.42. The third-order valence-electron chi connectivity index (χ3n) is 4.73. The molecule has 5 rings (SSSR count). The summed E-state index contributed by atoms with van der Waals surface area (Å²) in [5.74, 6) is 0.490. The number of aromatic nitrogens is 6. The zero-order valence-electron chi connectivity index (χ0n) is 15.5. The number of aromatic amines is 1. The van der Waals surface area contributed by atoms with Crippen LogP contribution in [0.2, 0.25) is 0 Å². The average molecular weight is 621 g/mol. The van der Waals surface area contributed by atoms with Crippen LogP contribution in [0.15, 0.2) is 18.2 Å². The van der Waals surface area contributed by atoms with E-state index in [1.54, 1.807) is 19.2 Å². The van der Waals surface area contributed by atoms with Crippen molar-refractivity contribution in [2.24, 2.45) is 7.05 Å². The summed E-state index contributed by atoms with van der Waals surface area (Å²) in [7, 11) is 1.70. The van der Waals surface area contributed by atoms with E-state index in [4.69, 9.17) is 4.74 Å². The number of ether oxygens (including phenoxy) is 1. The largest absolute Gasteiger partial charge is 0.477 e. The maximum Gasteiger partial charge on any atom is 0.411 e. The number of amides is 1. The molecule has 1 aromatic carbocycles. The molecular formula is C17H16FN8O2U-. The van der Waals surface area contributed by atoms with Crippen LogP contribution in [0.5, 0.6) is 0 Å². The Morgan fingerprint density at radius 3 is 2.79 bits per heavy atom. The van der Waals surface area contributed by atoms with Crippen molar-refractivity contribution < 1.29 is 45.0 Å². The van der Waals surface area contributed by atoms with Crippen molar-refractivity contribution in [2.45, 2.75) is 19.2 Å². The number of imidazole rings is 1. The molecular weight excluding hydrogens is 605 g/mol. The molecule has 0 spiro atoms. The van der Waals surface area contributed by atoms with Gasteiger partial charge >= 0.3 is 6.09 Å². The number of carbonyl (C=O) groups is 1. The molecule has 0 aliphatic carbocycles. The Kier molecular flexibility index (Phi) is 5.08. The maximum absolute atomic E-state index is 14.7. The number of rotatable bonds is 3. The van der Waals surface area contributed by atoms with Crippen LogP contribution in [0.1, 0.15) is 11.4 Å². The number of hydrogen-bond donors (Lipinski definition) is 1. The molecule has 1 fully saturated rings. The summed E-state index contributed by atoms with van der Waals surface area (Å²) in [6.07, 6.45) is -0.989. The van der Waals surface area contributed by atoms with Gasteiger partial charge in [0.15, 0.2) is 0 Å². The van der Waals surface area contributed by atoms with Crippen LogP contribution in [0, 0.1) is 43.9 Å². The third kappa shape index (κ3) is 3.51. The number of carbonyl (C=O) groups excluding carboxylic acids is 1. The molecule has 1 saturated heterocycles. The van der Waals surface area contributed by atoms with Crippen molar-refractivity contribution in [3.8, 4) is 11.4 Å². The number of halogens is 1. The van der Waals surface area contributed by atoms with E-state index >= 15 is 0 Å². The minimum atomic E-state index is -0.526. The molecule has 1 atom stereocenters. The number of fused-ring (bicyclic) bond motifs is 1. The first-order valence-electron chi connectivity index (χ1n) is 8.66. The number of anilines is 2. The van der Waals surface area contributed by atoms with Gasteiger partial charge in [0, 0.05) is 37.7 Å². The standard InChI is InChI=1S/C17H16FN8O2.U/c1-9-6-26(17(27)28-9)10-3-4-11(12(18)5-10)15-19-13-7-25(8-14(13)20-15)16-21-23-24(2)22-16;/h3-5,9H,1,6-8H2,2H3,(H,19,20);/q-1;. The van der Waals surface area contributed by atoms with E-state index in [9.17, 15) is 9.18 Å². The van der Waals surface area contributed by atoms with Crippen molar-refractivity contribution in [1.82, 2.24) is 30.2 Å².